The van der Waals surface area contributed by atoms with E-state index in [1.807, 2.05) is 17.7 Å². The van der Waals surface area contributed by atoms with Gasteiger partial charge in [0.2, 0.25) is 0 Å². The first kappa shape index (κ1) is 12.7. The lowest BCUT2D eigenvalue weighted by atomic mass is 10.3. The number of aromatic nitrogens is 2. The number of nitrogens with zero attached hydrogens (tertiary/aromatic N) is 2. The van der Waals surface area contributed by atoms with E-state index in [0.717, 1.165) is 11.4 Å². The number of nitrogens with two attached hydrogens (primary N) is 1. The first-order chi connectivity index (χ1) is 7.16. The van der Waals surface area contributed by atoms with E-state index in [9.17, 15) is 4.39 Å². The summed E-state index contributed by atoms with van der Waals surface area (Å²) in [6, 6.07) is 6.14. The highest BCUT2D eigenvalue weighted by atomic mass is 35.5. The molecule has 0 spiro atoms. The average molecular weight is 242 g/mol. The molecule has 2 rings (SSSR count). The van der Waals surface area contributed by atoms with Crippen LogP contribution in [0.5, 0.6) is 0 Å². The van der Waals surface area contributed by atoms with Gasteiger partial charge in [0.15, 0.2) is 0 Å². The second-order valence-corrected chi connectivity index (χ2v) is 3.47. The van der Waals surface area contributed by atoms with Crippen molar-refractivity contribution in [2.75, 3.05) is 0 Å². The highest BCUT2D eigenvalue weighted by molar-refractivity contribution is 5.85. The van der Waals surface area contributed by atoms with Gasteiger partial charge in [-0.1, -0.05) is 0 Å². The van der Waals surface area contributed by atoms with Crippen LogP contribution in [-0.2, 0) is 0 Å². The predicted octanol–water partition coefficient (Wildman–Crippen LogP) is 2.45. The Labute approximate surface area is 99.5 Å². The number of rotatable bonds is 2. The summed E-state index contributed by atoms with van der Waals surface area (Å²) in [5, 5.41) is 0. The molecule has 0 unspecified atom stereocenters. The Balaban J connectivity index is 0.00000128. The van der Waals surface area contributed by atoms with E-state index in [1.165, 1.54) is 12.1 Å². The molecule has 2 aromatic rings. The van der Waals surface area contributed by atoms with Crippen LogP contribution in [0.4, 0.5) is 4.39 Å². The molecule has 0 aliphatic rings. The lowest BCUT2D eigenvalue weighted by molar-refractivity contribution is 0.627. The summed E-state index contributed by atoms with van der Waals surface area (Å²) in [7, 11) is 0. The Kier molecular flexibility index (Phi) is 4.04. The molecule has 3 nitrogen and oxygen atoms in total. The number of benzene rings is 1. The third kappa shape index (κ3) is 2.59. The zero-order valence-corrected chi connectivity index (χ0v) is 9.62. The standard InChI is InChI=1S/C11H12FN3.ClH/c1-8(13)11-6-15(7-14-11)10-4-2-9(12)3-5-10;/h2-8H,13H2,1H3;1H/t8-;/m0./s1. The average Bonchev–Trinajstić information content (AvgIpc) is 2.68. The molecule has 0 amide bonds. The fourth-order valence-electron chi connectivity index (χ4n) is 1.33. The van der Waals surface area contributed by atoms with E-state index < -0.39 is 0 Å². The van der Waals surface area contributed by atoms with Crippen molar-refractivity contribution in [1.29, 1.82) is 0 Å². The van der Waals surface area contributed by atoms with E-state index >= 15 is 0 Å². The minimum absolute atomic E-state index is 0. The van der Waals surface area contributed by atoms with Crippen LogP contribution in [-0.4, -0.2) is 9.55 Å². The maximum Gasteiger partial charge on any atom is 0.123 e. The van der Waals surface area contributed by atoms with Crippen molar-refractivity contribution in [3.63, 3.8) is 0 Å². The molecule has 0 saturated carbocycles. The summed E-state index contributed by atoms with van der Waals surface area (Å²) in [5.41, 5.74) is 7.38. The molecule has 16 heavy (non-hydrogen) atoms. The Morgan fingerprint density at radius 2 is 1.94 bits per heavy atom. The maximum absolute atomic E-state index is 12.7. The Morgan fingerprint density at radius 3 is 2.44 bits per heavy atom. The third-order valence-corrected chi connectivity index (χ3v) is 2.19. The van der Waals surface area contributed by atoms with Crippen LogP contribution in [0.2, 0.25) is 0 Å². The molecule has 5 heteroatoms. The van der Waals surface area contributed by atoms with Gasteiger partial charge in [-0.25, -0.2) is 9.37 Å². The molecule has 1 heterocycles. The van der Waals surface area contributed by atoms with Gasteiger partial charge in [0.1, 0.15) is 5.82 Å². The van der Waals surface area contributed by atoms with Gasteiger partial charge in [-0.05, 0) is 31.2 Å². The van der Waals surface area contributed by atoms with Crippen molar-refractivity contribution in [2.24, 2.45) is 5.73 Å². The number of hydrogen-bond acceptors (Lipinski definition) is 2. The highest BCUT2D eigenvalue weighted by Crippen LogP contribution is 2.12. The molecule has 1 aromatic carbocycles. The zero-order chi connectivity index (χ0) is 10.8. The largest absolute Gasteiger partial charge is 0.323 e. The lowest BCUT2D eigenvalue weighted by Crippen LogP contribution is -2.04. The quantitative estimate of drug-likeness (QED) is 0.878. The van der Waals surface area contributed by atoms with Gasteiger partial charge in [-0.15, -0.1) is 12.4 Å². The van der Waals surface area contributed by atoms with Gasteiger partial charge in [0, 0.05) is 17.9 Å². The summed E-state index contributed by atoms with van der Waals surface area (Å²) >= 11 is 0. The van der Waals surface area contributed by atoms with E-state index in [2.05, 4.69) is 4.98 Å². The third-order valence-electron chi connectivity index (χ3n) is 2.19. The predicted molar refractivity (Wildman–Crippen MR) is 63.4 cm³/mol. The molecule has 0 saturated heterocycles. The Hall–Kier alpha value is -1.39. The molecule has 2 N–H and O–H groups in total. The molecule has 86 valence electrons. The maximum atomic E-state index is 12.7. The van der Waals surface area contributed by atoms with Crippen molar-refractivity contribution in [2.45, 2.75) is 13.0 Å². The fourth-order valence-corrected chi connectivity index (χ4v) is 1.33. The molecule has 0 bridgehead atoms. The summed E-state index contributed by atoms with van der Waals surface area (Å²) < 4.78 is 14.5. The van der Waals surface area contributed by atoms with Crippen LogP contribution in [0, 0.1) is 5.82 Å². The Bertz CT molecular complexity index is 451. The summed E-state index contributed by atoms with van der Waals surface area (Å²) in [6.07, 6.45) is 3.52. The van der Waals surface area contributed by atoms with Gasteiger partial charge in [0.05, 0.1) is 12.0 Å². The second-order valence-electron chi connectivity index (χ2n) is 3.47. The smallest absolute Gasteiger partial charge is 0.123 e. The summed E-state index contributed by atoms with van der Waals surface area (Å²) in [5.74, 6) is -0.244. The van der Waals surface area contributed by atoms with E-state index in [4.69, 9.17) is 5.73 Å². The van der Waals surface area contributed by atoms with E-state index in [1.54, 1.807) is 18.5 Å². The van der Waals surface area contributed by atoms with E-state index in [0.29, 0.717) is 0 Å². The SMILES string of the molecule is C[C@H](N)c1cn(-c2ccc(F)cc2)cn1.Cl. The molecule has 0 aliphatic carbocycles. The molecular formula is C11H13ClFN3. The minimum atomic E-state index is -0.244. The van der Waals surface area contributed by atoms with Crippen LogP contribution in [0.1, 0.15) is 18.7 Å². The van der Waals surface area contributed by atoms with Crippen molar-refractivity contribution >= 4 is 12.4 Å². The van der Waals surface area contributed by atoms with Crippen LogP contribution >= 0.6 is 12.4 Å². The van der Waals surface area contributed by atoms with Gasteiger partial charge < -0.3 is 10.3 Å². The van der Waals surface area contributed by atoms with Crippen LogP contribution < -0.4 is 5.73 Å². The minimum Gasteiger partial charge on any atom is -0.323 e. The van der Waals surface area contributed by atoms with Crippen molar-refractivity contribution in [3.8, 4) is 5.69 Å². The van der Waals surface area contributed by atoms with Crippen molar-refractivity contribution < 1.29 is 4.39 Å². The van der Waals surface area contributed by atoms with Crippen LogP contribution in [0.25, 0.3) is 5.69 Å². The molecule has 0 aliphatic heterocycles. The molecule has 0 radical (unpaired) electrons. The van der Waals surface area contributed by atoms with Crippen LogP contribution in [0.15, 0.2) is 36.8 Å². The van der Waals surface area contributed by atoms with Gasteiger partial charge in [0.25, 0.3) is 0 Å². The zero-order valence-electron chi connectivity index (χ0n) is 8.80. The number of imidazole rings is 1. The van der Waals surface area contributed by atoms with Crippen molar-refractivity contribution in [1.82, 2.24) is 9.55 Å². The normalized spacial score (nSPS) is 11.9. The van der Waals surface area contributed by atoms with E-state index in [-0.39, 0.29) is 24.3 Å². The fraction of sp³-hybridized carbons (Fsp3) is 0.182. The molecule has 0 fully saturated rings. The molecule has 1 aromatic heterocycles. The topological polar surface area (TPSA) is 43.8 Å². The first-order valence-corrected chi connectivity index (χ1v) is 4.72. The van der Waals surface area contributed by atoms with Crippen molar-refractivity contribution in [3.05, 3.63) is 48.3 Å². The Morgan fingerprint density at radius 1 is 1.31 bits per heavy atom. The highest BCUT2D eigenvalue weighted by Gasteiger charge is 2.04. The summed E-state index contributed by atoms with van der Waals surface area (Å²) in [4.78, 5) is 4.16. The number of hydrogen-bond donors (Lipinski definition) is 1. The molecule has 1 atom stereocenters. The van der Waals surface area contributed by atoms with Gasteiger partial charge in [-0.3, -0.25) is 0 Å². The van der Waals surface area contributed by atoms with Crippen LogP contribution in [0.3, 0.4) is 0 Å². The summed E-state index contributed by atoms with van der Waals surface area (Å²) in [6.45, 7) is 1.87. The molecular weight excluding hydrogens is 229 g/mol. The lowest BCUT2D eigenvalue weighted by Gasteiger charge is -2.01. The number of halogens is 2. The first-order valence-electron chi connectivity index (χ1n) is 4.72. The van der Waals surface area contributed by atoms with Gasteiger partial charge >= 0.3 is 0 Å². The monoisotopic (exact) mass is 241 g/mol. The second kappa shape index (κ2) is 5.09. The van der Waals surface area contributed by atoms with Gasteiger partial charge in [-0.2, -0.15) is 0 Å².